The normalized spacial score (nSPS) is 18.4. The number of aromatic nitrogens is 1. The fraction of sp³-hybridized carbons (Fsp3) is 0.455. The molecule has 148 valence electrons. The molecule has 0 N–H and O–H groups in total. The first kappa shape index (κ1) is 18.7. The lowest BCUT2D eigenvalue weighted by Crippen LogP contribution is -2.47. The van der Waals surface area contributed by atoms with Crippen molar-refractivity contribution in [3.63, 3.8) is 0 Å². The van der Waals surface area contributed by atoms with E-state index in [9.17, 15) is 4.79 Å². The molecule has 2 saturated heterocycles. The van der Waals surface area contributed by atoms with Crippen LogP contribution in [0.2, 0.25) is 0 Å². The number of aryl methyl sites for hydroxylation is 1. The first-order valence-electron chi connectivity index (χ1n) is 10.1. The molecule has 0 saturated carbocycles. The summed E-state index contributed by atoms with van der Waals surface area (Å²) in [7, 11) is 2.09. The van der Waals surface area contributed by atoms with Gasteiger partial charge in [-0.25, -0.2) is 0 Å². The Bertz CT molecular complexity index is 823. The first-order chi connectivity index (χ1) is 13.6. The molecular formula is C22H29N5O. The average molecular weight is 380 g/mol. The van der Waals surface area contributed by atoms with E-state index in [4.69, 9.17) is 0 Å². The van der Waals surface area contributed by atoms with Crippen LogP contribution in [0.3, 0.4) is 0 Å². The minimum absolute atomic E-state index is 0.0494. The Balaban J connectivity index is 1.40. The monoisotopic (exact) mass is 379 g/mol. The second kappa shape index (κ2) is 8.19. The zero-order chi connectivity index (χ0) is 19.5. The molecule has 28 heavy (non-hydrogen) atoms. The van der Waals surface area contributed by atoms with Gasteiger partial charge in [-0.05, 0) is 43.8 Å². The molecule has 0 bridgehead atoms. The van der Waals surface area contributed by atoms with Crippen molar-refractivity contribution in [3.05, 3.63) is 53.9 Å². The largest absolute Gasteiger partial charge is 0.368 e. The molecule has 0 atom stereocenters. The van der Waals surface area contributed by atoms with Crippen LogP contribution in [0.4, 0.5) is 11.4 Å². The van der Waals surface area contributed by atoms with Gasteiger partial charge in [0.25, 0.3) is 5.91 Å². The van der Waals surface area contributed by atoms with E-state index in [1.165, 1.54) is 11.3 Å². The molecule has 2 aliphatic rings. The van der Waals surface area contributed by atoms with Gasteiger partial charge in [-0.3, -0.25) is 9.78 Å². The Hall–Kier alpha value is -2.60. The summed E-state index contributed by atoms with van der Waals surface area (Å²) in [5.41, 5.74) is 4.24. The van der Waals surface area contributed by atoms with Gasteiger partial charge < -0.3 is 19.6 Å². The molecule has 1 amide bonds. The number of hydrogen-bond donors (Lipinski definition) is 0. The van der Waals surface area contributed by atoms with E-state index in [0.29, 0.717) is 5.69 Å². The van der Waals surface area contributed by atoms with E-state index in [1.807, 2.05) is 17.0 Å². The predicted octanol–water partition coefficient (Wildman–Crippen LogP) is 2.10. The Morgan fingerprint density at radius 1 is 0.857 bits per heavy atom. The van der Waals surface area contributed by atoms with Crippen LogP contribution in [0.15, 0.2) is 42.6 Å². The zero-order valence-electron chi connectivity index (χ0n) is 16.8. The lowest BCUT2D eigenvalue weighted by atomic mass is 10.1. The Morgan fingerprint density at radius 3 is 2.14 bits per heavy atom. The van der Waals surface area contributed by atoms with Crippen LogP contribution in [0.25, 0.3) is 0 Å². The van der Waals surface area contributed by atoms with Gasteiger partial charge >= 0.3 is 0 Å². The van der Waals surface area contributed by atoms with Gasteiger partial charge in [0.05, 0.1) is 0 Å². The van der Waals surface area contributed by atoms with Gasteiger partial charge in [0, 0.05) is 69.9 Å². The standard InChI is InChI=1S/C22H29N5O/c1-18-4-3-5-19(16-18)25-12-14-26(15-13-25)20-6-7-23-21(17-20)22(28)27-10-8-24(2)9-11-27/h3-7,16-17H,8-15H2,1-2H3. The van der Waals surface area contributed by atoms with E-state index < -0.39 is 0 Å². The number of anilines is 2. The van der Waals surface area contributed by atoms with E-state index in [-0.39, 0.29) is 5.91 Å². The summed E-state index contributed by atoms with van der Waals surface area (Å²) in [6, 6.07) is 12.7. The van der Waals surface area contributed by atoms with Gasteiger partial charge in [-0.2, -0.15) is 0 Å². The van der Waals surface area contributed by atoms with E-state index in [0.717, 1.165) is 58.0 Å². The van der Waals surface area contributed by atoms with Crippen LogP contribution in [-0.2, 0) is 0 Å². The van der Waals surface area contributed by atoms with Gasteiger partial charge in [0.1, 0.15) is 5.69 Å². The van der Waals surface area contributed by atoms with E-state index >= 15 is 0 Å². The number of hydrogen-bond acceptors (Lipinski definition) is 5. The number of rotatable bonds is 3. The summed E-state index contributed by atoms with van der Waals surface area (Å²) >= 11 is 0. The average Bonchev–Trinajstić information content (AvgIpc) is 2.74. The van der Waals surface area contributed by atoms with Gasteiger partial charge in [0.2, 0.25) is 0 Å². The van der Waals surface area contributed by atoms with Gasteiger partial charge in [-0.15, -0.1) is 0 Å². The van der Waals surface area contributed by atoms with Crippen molar-refractivity contribution in [1.82, 2.24) is 14.8 Å². The van der Waals surface area contributed by atoms with Crippen molar-refractivity contribution < 1.29 is 4.79 Å². The van der Waals surface area contributed by atoms with Crippen molar-refractivity contribution >= 4 is 17.3 Å². The number of piperazine rings is 2. The number of benzene rings is 1. The van der Waals surface area contributed by atoms with Crippen LogP contribution < -0.4 is 9.80 Å². The van der Waals surface area contributed by atoms with Crippen LogP contribution >= 0.6 is 0 Å². The SMILES string of the molecule is Cc1cccc(N2CCN(c3ccnc(C(=O)N4CCN(C)CC4)c3)CC2)c1. The summed E-state index contributed by atoms with van der Waals surface area (Å²) in [6.07, 6.45) is 1.77. The lowest BCUT2D eigenvalue weighted by Gasteiger charge is -2.37. The number of carbonyl (C=O) groups is 1. The summed E-state index contributed by atoms with van der Waals surface area (Å²) in [6.45, 7) is 9.38. The fourth-order valence-corrected chi connectivity index (χ4v) is 3.95. The number of carbonyl (C=O) groups excluding carboxylic acids is 1. The molecule has 0 unspecified atom stereocenters. The highest BCUT2D eigenvalue weighted by Gasteiger charge is 2.23. The second-order valence-corrected chi connectivity index (χ2v) is 7.81. The highest BCUT2D eigenvalue weighted by Crippen LogP contribution is 2.22. The summed E-state index contributed by atoms with van der Waals surface area (Å²) < 4.78 is 0. The van der Waals surface area contributed by atoms with Gasteiger partial charge in [-0.1, -0.05) is 12.1 Å². The second-order valence-electron chi connectivity index (χ2n) is 7.81. The maximum Gasteiger partial charge on any atom is 0.272 e. The third kappa shape index (κ3) is 4.12. The minimum atomic E-state index is 0.0494. The van der Waals surface area contributed by atoms with Crippen LogP contribution in [0, 0.1) is 6.92 Å². The zero-order valence-corrected chi connectivity index (χ0v) is 16.8. The van der Waals surface area contributed by atoms with Crippen molar-refractivity contribution in [1.29, 1.82) is 0 Å². The fourth-order valence-electron chi connectivity index (χ4n) is 3.95. The van der Waals surface area contributed by atoms with Crippen molar-refractivity contribution in [2.75, 3.05) is 69.2 Å². The molecule has 6 heteroatoms. The predicted molar refractivity (Wildman–Crippen MR) is 113 cm³/mol. The van der Waals surface area contributed by atoms with Crippen LogP contribution in [0.1, 0.15) is 16.1 Å². The number of pyridine rings is 1. The van der Waals surface area contributed by atoms with Crippen molar-refractivity contribution in [3.8, 4) is 0 Å². The first-order valence-corrected chi connectivity index (χ1v) is 10.1. The molecule has 1 aromatic carbocycles. The number of nitrogens with zero attached hydrogens (tertiary/aromatic N) is 5. The van der Waals surface area contributed by atoms with Crippen molar-refractivity contribution in [2.45, 2.75) is 6.92 Å². The highest BCUT2D eigenvalue weighted by atomic mass is 16.2. The van der Waals surface area contributed by atoms with Crippen molar-refractivity contribution in [2.24, 2.45) is 0 Å². The summed E-state index contributed by atoms with van der Waals surface area (Å²) in [5, 5.41) is 0. The Labute approximate surface area is 167 Å². The molecule has 0 aliphatic carbocycles. The molecule has 0 spiro atoms. The Morgan fingerprint density at radius 2 is 1.50 bits per heavy atom. The maximum atomic E-state index is 12.8. The molecule has 0 radical (unpaired) electrons. The Kier molecular flexibility index (Phi) is 5.48. The van der Waals surface area contributed by atoms with E-state index in [1.54, 1.807) is 6.20 Å². The summed E-state index contributed by atoms with van der Waals surface area (Å²) in [5.74, 6) is 0.0494. The van der Waals surface area contributed by atoms with E-state index in [2.05, 4.69) is 57.9 Å². The lowest BCUT2D eigenvalue weighted by molar-refractivity contribution is 0.0658. The molecule has 2 aliphatic heterocycles. The smallest absolute Gasteiger partial charge is 0.272 e. The molecule has 2 aromatic rings. The highest BCUT2D eigenvalue weighted by molar-refractivity contribution is 5.93. The van der Waals surface area contributed by atoms with Crippen LogP contribution in [-0.4, -0.2) is 80.1 Å². The maximum absolute atomic E-state index is 12.8. The molecule has 6 nitrogen and oxygen atoms in total. The number of likely N-dealkylation sites (N-methyl/N-ethyl adjacent to an activating group) is 1. The third-order valence-corrected chi connectivity index (χ3v) is 5.76. The van der Waals surface area contributed by atoms with Gasteiger partial charge in [0.15, 0.2) is 0 Å². The molecule has 1 aromatic heterocycles. The molecule has 4 rings (SSSR count). The minimum Gasteiger partial charge on any atom is -0.368 e. The molecular weight excluding hydrogens is 350 g/mol. The third-order valence-electron chi connectivity index (χ3n) is 5.76. The quantitative estimate of drug-likeness (QED) is 0.817. The molecule has 2 fully saturated rings. The summed E-state index contributed by atoms with van der Waals surface area (Å²) in [4.78, 5) is 26.1. The molecule has 3 heterocycles. The van der Waals surface area contributed by atoms with Crippen LogP contribution in [0.5, 0.6) is 0 Å². The topological polar surface area (TPSA) is 42.9 Å². The number of amides is 1.